The number of nitrogens with zero attached hydrogens (tertiary/aromatic N) is 2. The van der Waals surface area contributed by atoms with Crippen LogP contribution >= 0.6 is 0 Å². The fourth-order valence-corrected chi connectivity index (χ4v) is 7.74. The number of unbranched alkanes of at least 4 members (excludes halogenated alkanes) is 2. The van der Waals surface area contributed by atoms with Gasteiger partial charge < -0.3 is 10.0 Å². The Hall–Kier alpha value is -3.40. The van der Waals surface area contributed by atoms with Crippen LogP contribution in [0.5, 0.6) is 0 Å². The smallest absolute Gasteiger partial charge is 0.303 e. The number of carbonyl (C=O) groups is 1. The van der Waals surface area contributed by atoms with Crippen LogP contribution in [0.1, 0.15) is 76.8 Å². The van der Waals surface area contributed by atoms with Gasteiger partial charge >= 0.3 is 5.97 Å². The lowest BCUT2D eigenvalue weighted by Crippen LogP contribution is -2.32. The molecule has 0 fully saturated rings. The third-order valence-electron chi connectivity index (χ3n) is 9.95. The topological polar surface area (TPSA) is 43.5 Å². The van der Waals surface area contributed by atoms with Crippen molar-refractivity contribution in [3.8, 4) is 0 Å². The van der Waals surface area contributed by atoms with E-state index >= 15 is 0 Å². The first-order valence-electron chi connectivity index (χ1n) is 15.2. The number of rotatable bonds is 9. The molecule has 6 rings (SSSR count). The summed E-state index contributed by atoms with van der Waals surface area (Å²) in [6.07, 6.45) is 28.1. The standard InChI is InChI=1S/C36H42N2O2/c1-35(2)29-17-10-13-26-15-12-23-38(34(26)29)31(35)19-7-4-6-16-28-25-37-24-21-27-14-11-18-30(33(27)37)36(28,3)22-9-5-8-20-32(39)40/h4,6-7,10-11,13-14,16-19,25,29H,5,8-9,12,15,20-24H2,1-3H3/p+1. The van der Waals surface area contributed by atoms with Gasteiger partial charge in [-0.05, 0) is 56.2 Å². The maximum absolute atomic E-state index is 11.0. The van der Waals surface area contributed by atoms with Crippen molar-refractivity contribution in [2.24, 2.45) is 11.3 Å². The maximum atomic E-state index is 11.0. The molecule has 0 bridgehead atoms. The van der Waals surface area contributed by atoms with Crippen LogP contribution in [0.3, 0.4) is 0 Å². The van der Waals surface area contributed by atoms with E-state index in [1.807, 2.05) is 0 Å². The molecule has 4 aliphatic heterocycles. The largest absolute Gasteiger partial charge is 0.481 e. The number of carboxylic acids is 1. The summed E-state index contributed by atoms with van der Waals surface area (Å²) < 4.78 is 2.59. The molecule has 2 unspecified atom stereocenters. The lowest BCUT2D eigenvalue weighted by Gasteiger charge is -2.40. The summed E-state index contributed by atoms with van der Waals surface area (Å²) >= 11 is 0. The zero-order valence-electron chi connectivity index (χ0n) is 24.3. The van der Waals surface area contributed by atoms with Crippen LogP contribution in [0.4, 0.5) is 5.69 Å². The Morgan fingerprint density at radius 2 is 2.00 bits per heavy atom. The second-order valence-corrected chi connectivity index (χ2v) is 12.8. The highest BCUT2D eigenvalue weighted by atomic mass is 16.4. The Kier molecular flexibility index (Phi) is 7.06. The number of anilines is 1. The van der Waals surface area contributed by atoms with Gasteiger partial charge in [0.2, 0.25) is 0 Å². The van der Waals surface area contributed by atoms with E-state index in [1.54, 1.807) is 0 Å². The van der Waals surface area contributed by atoms with Crippen molar-refractivity contribution in [1.82, 2.24) is 0 Å². The third kappa shape index (κ3) is 4.56. The number of allylic oxidation sites excluding steroid dienone is 11. The molecule has 40 heavy (non-hydrogen) atoms. The molecular formula is C36H43N2O2+. The molecule has 0 spiro atoms. The summed E-state index contributed by atoms with van der Waals surface area (Å²) in [4.78, 5) is 13.4. The van der Waals surface area contributed by atoms with Gasteiger partial charge in [0.05, 0.1) is 11.3 Å². The number of benzene rings is 1. The molecule has 2 atom stereocenters. The van der Waals surface area contributed by atoms with Crippen LogP contribution in [0, 0.1) is 11.3 Å². The molecule has 0 amide bonds. The minimum absolute atomic E-state index is 0.0825. The van der Waals surface area contributed by atoms with Gasteiger partial charge in [0.1, 0.15) is 6.54 Å². The first-order valence-corrected chi connectivity index (χ1v) is 15.2. The average Bonchev–Trinajstić information content (AvgIpc) is 3.44. The van der Waals surface area contributed by atoms with Crippen molar-refractivity contribution in [2.45, 2.75) is 77.6 Å². The predicted molar refractivity (Wildman–Crippen MR) is 164 cm³/mol. The predicted octanol–water partition coefficient (Wildman–Crippen LogP) is 7.64. The van der Waals surface area contributed by atoms with E-state index in [2.05, 4.69) is 103 Å². The van der Waals surface area contributed by atoms with Crippen molar-refractivity contribution in [3.63, 3.8) is 0 Å². The van der Waals surface area contributed by atoms with E-state index in [-0.39, 0.29) is 17.3 Å². The van der Waals surface area contributed by atoms with Crippen molar-refractivity contribution < 1.29 is 14.5 Å². The van der Waals surface area contributed by atoms with Crippen molar-refractivity contribution in [2.75, 3.05) is 18.0 Å². The third-order valence-corrected chi connectivity index (χ3v) is 9.95. The van der Waals surface area contributed by atoms with Gasteiger partial charge in [0, 0.05) is 48.3 Å². The SMILES string of the molecule is CC1(CCCCCC(=O)O)C(C=CC=CC=C2[N+]3=C4C(=CC=CC4C2(C)C)CCC3)=CN2CCc3cccc1c32. The van der Waals surface area contributed by atoms with Gasteiger partial charge in [-0.3, -0.25) is 4.79 Å². The van der Waals surface area contributed by atoms with Crippen LogP contribution in [-0.4, -0.2) is 34.5 Å². The van der Waals surface area contributed by atoms with Crippen LogP contribution < -0.4 is 4.90 Å². The molecule has 4 nitrogen and oxygen atoms in total. The Balaban J connectivity index is 1.24. The van der Waals surface area contributed by atoms with E-state index in [0.29, 0.717) is 5.92 Å². The molecule has 0 saturated heterocycles. The molecule has 0 aromatic heterocycles. The van der Waals surface area contributed by atoms with Gasteiger partial charge in [-0.1, -0.05) is 80.5 Å². The minimum Gasteiger partial charge on any atom is -0.481 e. The van der Waals surface area contributed by atoms with Crippen molar-refractivity contribution in [3.05, 3.63) is 101 Å². The molecule has 5 aliphatic rings. The van der Waals surface area contributed by atoms with Gasteiger partial charge in [-0.15, -0.1) is 0 Å². The fourth-order valence-electron chi connectivity index (χ4n) is 7.74. The molecule has 1 aromatic carbocycles. The molecular weight excluding hydrogens is 492 g/mol. The number of carboxylic acid groups (broad SMARTS) is 1. The summed E-state index contributed by atoms with van der Waals surface area (Å²) in [5.74, 6) is -0.227. The van der Waals surface area contributed by atoms with Gasteiger partial charge in [-0.25, -0.2) is 0 Å². The molecule has 1 aliphatic carbocycles. The van der Waals surface area contributed by atoms with Crippen LogP contribution in [-0.2, 0) is 16.6 Å². The normalized spacial score (nSPS) is 27.0. The molecule has 1 N–H and O–H groups in total. The maximum Gasteiger partial charge on any atom is 0.303 e. The minimum atomic E-state index is -0.697. The lowest BCUT2D eigenvalue weighted by atomic mass is 9.69. The summed E-state index contributed by atoms with van der Waals surface area (Å²) in [6.45, 7) is 9.32. The highest BCUT2D eigenvalue weighted by Crippen LogP contribution is 2.50. The van der Waals surface area contributed by atoms with Gasteiger partial charge in [-0.2, -0.15) is 4.58 Å². The van der Waals surface area contributed by atoms with Gasteiger partial charge in [0.15, 0.2) is 11.4 Å². The highest BCUT2D eigenvalue weighted by molar-refractivity contribution is 6.03. The number of para-hydroxylation sites is 1. The Labute approximate surface area is 239 Å². The quantitative estimate of drug-likeness (QED) is 0.201. The first kappa shape index (κ1) is 26.8. The van der Waals surface area contributed by atoms with E-state index in [1.165, 1.54) is 52.2 Å². The zero-order valence-corrected chi connectivity index (χ0v) is 24.3. The summed E-state index contributed by atoms with van der Waals surface area (Å²) in [7, 11) is 0. The first-order chi connectivity index (χ1) is 19.3. The zero-order chi connectivity index (χ0) is 27.9. The van der Waals surface area contributed by atoms with E-state index in [0.717, 1.165) is 45.2 Å². The van der Waals surface area contributed by atoms with Crippen molar-refractivity contribution >= 4 is 17.4 Å². The van der Waals surface area contributed by atoms with Crippen LogP contribution in [0.25, 0.3) is 0 Å². The summed E-state index contributed by atoms with van der Waals surface area (Å²) in [5, 5.41) is 9.04. The molecule has 4 heterocycles. The second kappa shape index (κ2) is 10.5. The van der Waals surface area contributed by atoms with Crippen molar-refractivity contribution in [1.29, 1.82) is 0 Å². The number of hydrogen-bond acceptors (Lipinski definition) is 2. The Morgan fingerprint density at radius 3 is 2.85 bits per heavy atom. The molecule has 4 heteroatoms. The second-order valence-electron chi connectivity index (χ2n) is 12.8. The molecule has 208 valence electrons. The van der Waals surface area contributed by atoms with Gasteiger partial charge in [0.25, 0.3) is 0 Å². The fraction of sp³-hybridized carbons (Fsp3) is 0.444. The molecule has 0 saturated carbocycles. The monoisotopic (exact) mass is 535 g/mol. The number of hydrogen-bond donors (Lipinski definition) is 1. The molecule has 1 aromatic rings. The Morgan fingerprint density at radius 1 is 1.12 bits per heavy atom. The van der Waals surface area contributed by atoms with Crippen LogP contribution in [0.15, 0.2) is 89.9 Å². The van der Waals surface area contributed by atoms with E-state index < -0.39 is 5.97 Å². The average molecular weight is 536 g/mol. The lowest BCUT2D eigenvalue weighted by molar-refractivity contribution is -0.482. The summed E-state index contributed by atoms with van der Waals surface area (Å²) in [6, 6.07) is 6.80. The van der Waals surface area contributed by atoms with E-state index in [9.17, 15) is 4.79 Å². The number of aliphatic carboxylic acids is 1. The van der Waals surface area contributed by atoms with E-state index in [4.69, 9.17) is 5.11 Å². The molecule has 0 radical (unpaired) electrons. The highest BCUT2D eigenvalue weighted by Gasteiger charge is 2.53. The summed E-state index contributed by atoms with van der Waals surface area (Å²) in [5.41, 5.74) is 10.1. The van der Waals surface area contributed by atoms with Crippen LogP contribution in [0.2, 0.25) is 0 Å². The Bertz CT molecular complexity index is 1430.